The van der Waals surface area contributed by atoms with Crippen LogP contribution in [0.15, 0.2) is 91.5 Å². The highest BCUT2D eigenvalue weighted by Crippen LogP contribution is 2.45. The molecule has 2 heterocycles. The first kappa shape index (κ1) is 35.4. The molecule has 1 saturated heterocycles. The number of rotatable bonds is 14. The molecule has 11 heteroatoms. The van der Waals surface area contributed by atoms with E-state index in [9.17, 15) is 24.6 Å². The van der Waals surface area contributed by atoms with Crippen LogP contribution in [0.2, 0.25) is 0 Å². The van der Waals surface area contributed by atoms with E-state index in [4.69, 9.17) is 14.5 Å². The normalized spacial score (nSPS) is 21.6. The van der Waals surface area contributed by atoms with Gasteiger partial charge in [0.1, 0.15) is 35.2 Å². The number of carbonyl (C=O) groups excluding carboxylic acids is 2. The summed E-state index contributed by atoms with van der Waals surface area (Å²) in [6.07, 6.45) is 1.78. The number of anilines is 1. The van der Waals surface area contributed by atoms with Gasteiger partial charge >= 0.3 is 5.97 Å². The van der Waals surface area contributed by atoms with Crippen LogP contribution in [0, 0.1) is 11.8 Å². The quantitative estimate of drug-likeness (QED) is 0.133. The number of aliphatic hydroxyl groups is 1. The van der Waals surface area contributed by atoms with Gasteiger partial charge < -0.3 is 35.2 Å². The molecule has 0 radical (unpaired) electrons. The molecule has 2 amide bonds. The van der Waals surface area contributed by atoms with Crippen LogP contribution in [0.4, 0.5) is 5.69 Å². The summed E-state index contributed by atoms with van der Waals surface area (Å²) in [6, 6.07) is 22.9. The molecule has 5 atom stereocenters. The van der Waals surface area contributed by atoms with Crippen LogP contribution in [0.5, 0.6) is 11.5 Å². The highest BCUT2D eigenvalue weighted by Gasteiger charge is 2.61. The van der Waals surface area contributed by atoms with Crippen LogP contribution >= 0.6 is 0 Å². The van der Waals surface area contributed by atoms with E-state index in [0.717, 1.165) is 16.5 Å². The molecule has 1 aromatic heterocycles. The molecule has 11 nitrogen and oxygen atoms in total. The second-order valence-corrected chi connectivity index (χ2v) is 13.6. The van der Waals surface area contributed by atoms with Crippen molar-refractivity contribution in [3.8, 4) is 22.8 Å². The number of fused-ring (bicyclic) bond motifs is 1. The summed E-state index contributed by atoms with van der Waals surface area (Å²) in [5.74, 6) is -1.41. The average molecular weight is 693 g/mol. The lowest BCUT2D eigenvalue weighted by Gasteiger charge is -2.31. The van der Waals surface area contributed by atoms with Gasteiger partial charge in [-0.1, -0.05) is 62.4 Å². The largest absolute Gasteiger partial charge is 0.497 e. The monoisotopic (exact) mass is 692 g/mol. The predicted octanol–water partition coefficient (Wildman–Crippen LogP) is 5.08. The lowest BCUT2D eigenvalue weighted by molar-refractivity contribution is -0.145. The number of amides is 2. The molecule has 1 aliphatic heterocycles. The third-order valence-corrected chi connectivity index (χ3v) is 9.80. The Morgan fingerprint density at radius 2 is 1.86 bits per heavy atom. The number of likely N-dealkylation sites (tertiary alicyclic amines) is 1. The van der Waals surface area contributed by atoms with E-state index in [2.05, 4.69) is 17.2 Å². The van der Waals surface area contributed by atoms with Gasteiger partial charge in [-0.05, 0) is 48.6 Å². The van der Waals surface area contributed by atoms with Gasteiger partial charge in [0.05, 0.1) is 24.9 Å². The van der Waals surface area contributed by atoms with E-state index in [1.54, 1.807) is 7.11 Å². The zero-order chi connectivity index (χ0) is 36.3. The highest BCUT2D eigenvalue weighted by molar-refractivity contribution is 5.96. The van der Waals surface area contributed by atoms with E-state index >= 15 is 0 Å². The fraction of sp³-hybridized carbons (Fsp3) is 0.350. The molecule has 51 heavy (non-hydrogen) atoms. The standard InChI is InChI=1S/C40H44N4O7/c1-5-27-22-40(27,39(48)49)43-37(46)34-20-30(23-44(34)38(47)36(24(2)3)41-28-13-9-10-25(18-28)16-17-45)51-35-21-32(26-11-7-6-8-12-26)42-33-19-29(50-4)14-15-31(33)35/h5-15,18-19,21,24,27,30,34,36,41,45H,1,16-17,20,22-23H2,2-4H3,(H,43,46)(H,48,49)/t27-,30+,34-,36-,40?/m0/s1. The van der Waals surface area contributed by atoms with Crippen LogP contribution < -0.4 is 20.1 Å². The lowest BCUT2D eigenvalue weighted by Crippen LogP contribution is -2.55. The maximum atomic E-state index is 14.5. The topological polar surface area (TPSA) is 150 Å². The SMILES string of the molecule is C=C[C@H]1CC1(NC(=O)[C@@H]1C[C@@H](Oc2cc(-c3ccccc3)nc3cc(OC)ccc23)CN1C(=O)[C@@H](Nc1cccc(CCO)c1)C(C)C)C(=O)O. The molecule has 3 aromatic carbocycles. The number of carboxylic acids is 1. The summed E-state index contributed by atoms with van der Waals surface area (Å²) >= 11 is 0. The lowest BCUT2D eigenvalue weighted by atomic mass is 10.0. The highest BCUT2D eigenvalue weighted by atomic mass is 16.5. The Kier molecular flexibility index (Phi) is 10.3. The Balaban J connectivity index is 1.34. The van der Waals surface area contributed by atoms with E-state index in [1.807, 2.05) is 92.7 Å². The number of aliphatic carboxylic acids is 1. The molecule has 2 fully saturated rings. The number of nitrogens with one attached hydrogen (secondary N) is 2. The number of ether oxygens (including phenoxy) is 2. The fourth-order valence-electron chi connectivity index (χ4n) is 6.85. The first-order chi connectivity index (χ1) is 24.6. The average Bonchev–Trinajstić information content (AvgIpc) is 3.69. The van der Waals surface area contributed by atoms with Gasteiger partial charge in [-0.2, -0.15) is 0 Å². The molecule has 2 aliphatic rings. The Hall–Kier alpha value is -5.42. The van der Waals surface area contributed by atoms with Gasteiger partial charge in [-0.15, -0.1) is 6.58 Å². The molecule has 0 spiro atoms. The molecule has 4 N–H and O–H groups in total. The molecule has 1 saturated carbocycles. The van der Waals surface area contributed by atoms with Crippen molar-refractivity contribution in [3.63, 3.8) is 0 Å². The number of aliphatic hydroxyl groups excluding tert-OH is 1. The van der Waals surface area contributed by atoms with Crippen molar-refractivity contribution in [2.75, 3.05) is 25.6 Å². The van der Waals surface area contributed by atoms with Gasteiger partial charge in [-0.3, -0.25) is 9.59 Å². The van der Waals surface area contributed by atoms with Gasteiger partial charge in [0.25, 0.3) is 0 Å². The zero-order valence-electron chi connectivity index (χ0n) is 29.0. The first-order valence-electron chi connectivity index (χ1n) is 17.2. The van der Waals surface area contributed by atoms with Crippen molar-refractivity contribution in [2.24, 2.45) is 11.8 Å². The van der Waals surface area contributed by atoms with Crippen molar-refractivity contribution in [3.05, 3.63) is 97.1 Å². The van der Waals surface area contributed by atoms with Crippen LogP contribution in [0.3, 0.4) is 0 Å². The molecular weight excluding hydrogens is 648 g/mol. The number of nitrogens with zero attached hydrogens (tertiary/aromatic N) is 2. The van der Waals surface area contributed by atoms with Gasteiger partial charge in [-0.25, -0.2) is 9.78 Å². The number of aromatic nitrogens is 1. The number of hydrogen-bond donors (Lipinski definition) is 4. The van der Waals surface area contributed by atoms with Gasteiger partial charge in [0.15, 0.2) is 0 Å². The van der Waals surface area contributed by atoms with E-state index < -0.39 is 41.5 Å². The Morgan fingerprint density at radius 1 is 1.08 bits per heavy atom. The number of benzene rings is 3. The fourth-order valence-corrected chi connectivity index (χ4v) is 6.85. The molecule has 266 valence electrons. The number of carboxylic acid groups (broad SMARTS) is 1. The number of methoxy groups -OCH3 is 1. The van der Waals surface area contributed by atoms with Crippen LogP contribution in [-0.2, 0) is 20.8 Å². The smallest absolute Gasteiger partial charge is 0.330 e. The summed E-state index contributed by atoms with van der Waals surface area (Å²) in [4.78, 5) is 47.3. The molecular formula is C40H44N4O7. The molecule has 4 aromatic rings. The minimum atomic E-state index is -1.46. The van der Waals surface area contributed by atoms with E-state index in [0.29, 0.717) is 34.8 Å². The van der Waals surface area contributed by atoms with Gasteiger partial charge in [0, 0.05) is 47.7 Å². The van der Waals surface area contributed by atoms with Crippen LogP contribution in [0.1, 0.15) is 32.3 Å². The maximum Gasteiger partial charge on any atom is 0.330 e. The zero-order valence-corrected chi connectivity index (χ0v) is 29.0. The second-order valence-electron chi connectivity index (χ2n) is 13.6. The van der Waals surface area contributed by atoms with Crippen LogP contribution in [0.25, 0.3) is 22.2 Å². The summed E-state index contributed by atoms with van der Waals surface area (Å²) in [6.45, 7) is 7.68. The molecule has 1 aliphatic carbocycles. The summed E-state index contributed by atoms with van der Waals surface area (Å²) in [5.41, 5.74) is 2.41. The summed E-state index contributed by atoms with van der Waals surface area (Å²) < 4.78 is 12.2. The first-order valence-corrected chi connectivity index (χ1v) is 17.2. The van der Waals surface area contributed by atoms with Crippen molar-refractivity contribution >= 4 is 34.4 Å². The Bertz CT molecular complexity index is 1930. The number of pyridine rings is 1. The van der Waals surface area contributed by atoms with Crippen molar-refractivity contribution in [1.29, 1.82) is 0 Å². The number of carbonyl (C=O) groups is 3. The molecule has 1 unspecified atom stereocenters. The minimum absolute atomic E-state index is 0.000352. The minimum Gasteiger partial charge on any atom is -0.497 e. The molecule has 0 bridgehead atoms. The van der Waals surface area contributed by atoms with Crippen molar-refractivity contribution in [2.45, 2.75) is 56.8 Å². The van der Waals surface area contributed by atoms with E-state index in [-0.39, 0.29) is 37.8 Å². The summed E-state index contributed by atoms with van der Waals surface area (Å²) in [7, 11) is 1.59. The van der Waals surface area contributed by atoms with Crippen LogP contribution in [-0.4, -0.2) is 81.9 Å². The maximum absolute atomic E-state index is 14.5. The van der Waals surface area contributed by atoms with E-state index in [1.165, 1.54) is 11.0 Å². The molecule has 6 rings (SSSR count). The third-order valence-electron chi connectivity index (χ3n) is 9.80. The van der Waals surface area contributed by atoms with Crippen molar-refractivity contribution < 1.29 is 34.1 Å². The second kappa shape index (κ2) is 14.8. The van der Waals surface area contributed by atoms with Gasteiger partial charge in [0.2, 0.25) is 11.8 Å². The Morgan fingerprint density at radius 3 is 2.53 bits per heavy atom. The summed E-state index contributed by atoms with van der Waals surface area (Å²) in [5, 5.41) is 26.4. The number of hydrogen-bond acceptors (Lipinski definition) is 8. The predicted molar refractivity (Wildman–Crippen MR) is 195 cm³/mol. The van der Waals surface area contributed by atoms with Crippen molar-refractivity contribution in [1.82, 2.24) is 15.2 Å². The third kappa shape index (κ3) is 7.39. The Labute approximate surface area is 297 Å².